The van der Waals surface area contributed by atoms with Gasteiger partial charge in [-0.15, -0.1) is 23.4 Å². The third-order valence-corrected chi connectivity index (χ3v) is 3.94. The van der Waals surface area contributed by atoms with E-state index >= 15 is 0 Å². The van der Waals surface area contributed by atoms with Crippen molar-refractivity contribution < 1.29 is 0 Å². The van der Waals surface area contributed by atoms with E-state index in [2.05, 4.69) is 30.5 Å². The highest BCUT2D eigenvalue weighted by atomic mass is 35.5. The van der Waals surface area contributed by atoms with Gasteiger partial charge in [0.1, 0.15) is 0 Å². The fraction of sp³-hybridized carbons (Fsp3) is 0.455. The van der Waals surface area contributed by atoms with Gasteiger partial charge in [0.05, 0.1) is 0 Å². The third kappa shape index (κ3) is 4.63. The first-order valence-corrected chi connectivity index (χ1v) is 7.55. The fourth-order valence-electron chi connectivity index (χ4n) is 1.07. The SMILES string of the molecule is CSCCCSc1ccc(CCl)cc1. The van der Waals surface area contributed by atoms with Crippen molar-refractivity contribution in [2.75, 3.05) is 17.8 Å². The van der Waals surface area contributed by atoms with Gasteiger partial charge in [0.25, 0.3) is 0 Å². The lowest BCUT2D eigenvalue weighted by Gasteiger charge is -2.01. The molecular formula is C11H15ClS2. The molecule has 0 aliphatic heterocycles. The Hall–Kier alpha value is 0.210. The van der Waals surface area contributed by atoms with Crippen molar-refractivity contribution in [2.24, 2.45) is 0 Å². The highest BCUT2D eigenvalue weighted by Crippen LogP contribution is 2.20. The Bertz CT molecular complexity index is 246. The van der Waals surface area contributed by atoms with E-state index in [9.17, 15) is 0 Å². The van der Waals surface area contributed by atoms with Crippen LogP contribution in [0.3, 0.4) is 0 Å². The van der Waals surface area contributed by atoms with Crippen molar-refractivity contribution in [2.45, 2.75) is 17.2 Å². The van der Waals surface area contributed by atoms with Crippen molar-refractivity contribution in [1.29, 1.82) is 0 Å². The molecule has 0 fully saturated rings. The topological polar surface area (TPSA) is 0 Å². The van der Waals surface area contributed by atoms with Gasteiger partial charge in [0, 0.05) is 10.8 Å². The predicted molar refractivity (Wildman–Crippen MR) is 69.7 cm³/mol. The Morgan fingerprint density at radius 1 is 1.14 bits per heavy atom. The smallest absolute Gasteiger partial charge is 0.0474 e. The number of thioether (sulfide) groups is 2. The normalized spacial score (nSPS) is 10.4. The van der Waals surface area contributed by atoms with Crippen LogP contribution >= 0.6 is 35.1 Å². The van der Waals surface area contributed by atoms with E-state index in [4.69, 9.17) is 11.6 Å². The highest BCUT2D eigenvalue weighted by molar-refractivity contribution is 7.99. The second-order valence-corrected chi connectivity index (χ2v) is 5.39. The molecule has 0 spiro atoms. The third-order valence-electron chi connectivity index (χ3n) is 1.84. The fourth-order valence-corrected chi connectivity index (χ4v) is 2.71. The molecule has 0 nitrogen and oxygen atoms in total. The molecule has 0 unspecified atom stereocenters. The van der Waals surface area contributed by atoms with Crippen LogP contribution in [0.4, 0.5) is 0 Å². The molecule has 3 heteroatoms. The van der Waals surface area contributed by atoms with Crippen LogP contribution in [-0.4, -0.2) is 17.8 Å². The van der Waals surface area contributed by atoms with Crippen molar-refractivity contribution in [1.82, 2.24) is 0 Å². The summed E-state index contributed by atoms with van der Waals surface area (Å²) in [6.45, 7) is 0. The quantitative estimate of drug-likeness (QED) is 0.418. The summed E-state index contributed by atoms with van der Waals surface area (Å²) < 4.78 is 0. The van der Waals surface area contributed by atoms with Crippen LogP contribution in [-0.2, 0) is 5.88 Å². The Morgan fingerprint density at radius 2 is 1.86 bits per heavy atom. The Labute approximate surface area is 99.8 Å². The molecule has 0 aromatic heterocycles. The summed E-state index contributed by atoms with van der Waals surface area (Å²) in [5, 5.41) is 0. The number of hydrogen-bond acceptors (Lipinski definition) is 2. The van der Waals surface area contributed by atoms with E-state index in [0.717, 1.165) is 0 Å². The molecule has 1 rings (SSSR count). The van der Waals surface area contributed by atoms with E-state index in [1.54, 1.807) is 0 Å². The van der Waals surface area contributed by atoms with E-state index < -0.39 is 0 Å². The van der Waals surface area contributed by atoms with Crippen LogP contribution in [0.2, 0.25) is 0 Å². The maximum absolute atomic E-state index is 5.72. The van der Waals surface area contributed by atoms with Crippen LogP contribution < -0.4 is 0 Å². The molecule has 0 N–H and O–H groups in total. The van der Waals surface area contributed by atoms with Crippen molar-refractivity contribution in [3.63, 3.8) is 0 Å². The lowest BCUT2D eigenvalue weighted by atomic mass is 10.2. The minimum atomic E-state index is 0.609. The Kier molecular flexibility index (Phi) is 6.57. The number of halogens is 1. The molecule has 1 aromatic rings. The summed E-state index contributed by atoms with van der Waals surface area (Å²) in [7, 11) is 0. The molecule has 78 valence electrons. The maximum Gasteiger partial charge on any atom is 0.0474 e. The number of benzene rings is 1. The monoisotopic (exact) mass is 246 g/mol. The standard InChI is InChI=1S/C11H15ClS2/c1-13-7-2-8-14-11-5-3-10(9-12)4-6-11/h3-6H,2,7-9H2,1H3. The molecule has 0 aliphatic rings. The summed E-state index contributed by atoms with van der Waals surface area (Å²) in [4.78, 5) is 1.35. The zero-order valence-electron chi connectivity index (χ0n) is 8.33. The van der Waals surface area contributed by atoms with E-state index in [0.29, 0.717) is 5.88 Å². The van der Waals surface area contributed by atoms with Gasteiger partial charge in [0.2, 0.25) is 0 Å². The first-order valence-electron chi connectivity index (χ1n) is 4.63. The second-order valence-electron chi connectivity index (χ2n) is 2.97. The minimum absolute atomic E-state index is 0.609. The van der Waals surface area contributed by atoms with Crippen molar-refractivity contribution in [3.05, 3.63) is 29.8 Å². The molecule has 0 amide bonds. The number of rotatable bonds is 6. The summed E-state index contributed by atoms with van der Waals surface area (Å²) in [5.74, 6) is 3.07. The molecule has 0 bridgehead atoms. The van der Waals surface area contributed by atoms with Gasteiger partial charge in [-0.1, -0.05) is 12.1 Å². The van der Waals surface area contributed by atoms with E-state index in [1.165, 1.54) is 28.4 Å². The lowest BCUT2D eigenvalue weighted by Crippen LogP contribution is -1.83. The molecule has 0 aliphatic carbocycles. The summed E-state index contributed by atoms with van der Waals surface area (Å²) in [6.07, 6.45) is 3.43. The van der Waals surface area contributed by atoms with Gasteiger partial charge in [0.15, 0.2) is 0 Å². The van der Waals surface area contributed by atoms with Gasteiger partial charge in [-0.3, -0.25) is 0 Å². The van der Waals surface area contributed by atoms with Gasteiger partial charge < -0.3 is 0 Å². The first kappa shape index (κ1) is 12.3. The Balaban J connectivity index is 2.29. The zero-order chi connectivity index (χ0) is 10.2. The van der Waals surface area contributed by atoms with Gasteiger partial charge in [-0.25, -0.2) is 0 Å². The van der Waals surface area contributed by atoms with Crippen LogP contribution in [0.5, 0.6) is 0 Å². The van der Waals surface area contributed by atoms with Gasteiger partial charge >= 0.3 is 0 Å². The van der Waals surface area contributed by atoms with Crippen LogP contribution in [0.1, 0.15) is 12.0 Å². The van der Waals surface area contributed by atoms with E-state index in [-0.39, 0.29) is 0 Å². The molecule has 0 heterocycles. The second kappa shape index (κ2) is 7.49. The predicted octanol–water partition coefficient (Wildman–Crippen LogP) is 4.27. The highest BCUT2D eigenvalue weighted by Gasteiger charge is 1.94. The lowest BCUT2D eigenvalue weighted by molar-refractivity contribution is 1.12. The molecule has 1 aromatic carbocycles. The molecule has 14 heavy (non-hydrogen) atoms. The molecule has 0 saturated carbocycles. The average molecular weight is 247 g/mol. The molecular weight excluding hydrogens is 232 g/mol. The largest absolute Gasteiger partial charge is 0.165 e. The summed E-state index contributed by atoms with van der Waals surface area (Å²) >= 11 is 9.55. The van der Waals surface area contributed by atoms with Crippen LogP contribution in [0.15, 0.2) is 29.2 Å². The molecule has 0 radical (unpaired) electrons. The van der Waals surface area contributed by atoms with Gasteiger partial charge in [-0.2, -0.15) is 11.8 Å². The average Bonchev–Trinajstić information content (AvgIpc) is 2.25. The number of hydrogen-bond donors (Lipinski definition) is 0. The zero-order valence-corrected chi connectivity index (χ0v) is 10.7. The first-order chi connectivity index (χ1) is 6.86. The maximum atomic E-state index is 5.72. The summed E-state index contributed by atoms with van der Waals surface area (Å²) in [5.41, 5.74) is 1.19. The molecule has 0 saturated heterocycles. The van der Waals surface area contributed by atoms with Crippen molar-refractivity contribution >= 4 is 35.1 Å². The Morgan fingerprint density at radius 3 is 2.43 bits per heavy atom. The van der Waals surface area contributed by atoms with Crippen molar-refractivity contribution in [3.8, 4) is 0 Å². The van der Waals surface area contributed by atoms with Gasteiger partial charge in [-0.05, 0) is 41.9 Å². The number of alkyl halides is 1. The van der Waals surface area contributed by atoms with Crippen LogP contribution in [0, 0.1) is 0 Å². The minimum Gasteiger partial charge on any atom is -0.165 e. The summed E-state index contributed by atoms with van der Waals surface area (Å²) in [6, 6.07) is 8.51. The van der Waals surface area contributed by atoms with Crippen LogP contribution in [0.25, 0.3) is 0 Å². The van der Waals surface area contributed by atoms with E-state index in [1.807, 2.05) is 23.5 Å². The molecule has 0 atom stereocenters.